The van der Waals surface area contributed by atoms with Gasteiger partial charge in [0, 0.05) is 17.1 Å². The Morgan fingerprint density at radius 2 is 2.15 bits per heavy atom. The van der Waals surface area contributed by atoms with Gasteiger partial charge in [-0.05, 0) is 38.5 Å². The molecule has 1 aromatic carbocycles. The Morgan fingerprint density at radius 3 is 2.80 bits per heavy atom. The number of carbonyl (C=O) groups is 2. The lowest BCUT2D eigenvalue weighted by molar-refractivity contribution is -0.118. The summed E-state index contributed by atoms with van der Waals surface area (Å²) in [6.07, 6.45) is -0.188. The Labute approximate surface area is 122 Å². The van der Waals surface area contributed by atoms with Gasteiger partial charge in [0.2, 0.25) is 5.91 Å². The van der Waals surface area contributed by atoms with Crippen LogP contribution in [0.1, 0.15) is 26.3 Å². The Kier molecular flexibility index (Phi) is 3.90. The highest BCUT2D eigenvalue weighted by atomic mass is 35.5. The highest BCUT2D eigenvalue weighted by molar-refractivity contribution is 6.31. The maximum absolute atomic E-state index is 11.9. The average molecular weight is 297 g/mol. The van der Waals surface area contributed by atoms with Gasteiger partial charge in [-0.2, -0.15) is 0 Å². The number of nitrogens with one attached hydrogen (secondary N) is 2. The molecule has 1 heterocycles. The molecule has 0 radical (unpaired) electrons. The van der Waals surface area contributed by atoms with Crippen LogP contribution in [-0.2, 0) is 16.0 Å². The van der Waals surface area contributed by atoms with Crippen molar-refractivity contribution in [1.29, 1.82) is 0 Å². The van der Waals surface area contributed by atoms with Gasteiger partial charge in [0.05, 0.1) is 0 Å². The molecule has 0 bridgehead atoms. The number of hydrogen-bond donors (Lipinski definition) is 2. The molecule has 1 atom stereocenters. The fraction of sp³-hybridized carbons (Fsp3) is 0.429. The first-order valence-electron chi connectivity index (χ1n) is 6.33. The molecule has 2 N–H and O–H groups in total. The molecule has 2 amide bonds. The molecule has 6 heteroatoms. The normalized spacial score (nSPS) is 18.0. The van der Waals surface area contributed by atoms with Crippen LogP contribution in [0.15, 0.2) is 18.2 Å². The Hall–Kier alpha value is -1.75. The number of amides is 2. The van der Waals surface area contributed by atoms with E-state index in [0.29, 0.717) is 17.1 Å². The Bertz CT molecular complexity index is 552. The van der Waals surface area contributed by atoms with Gasteiger partial charge in [-0.15, -0.1) is 0 Å². The third-order valence-electron chi connectivity index (χ3n) is 2.76. The van der Waals surface area contributed by atoms with Crippen LogP contribution >= 0.6 is 11.6 Å². The fourth-order valence-corrected chi connectivity index (χ4v) is 2.11. The first kappa shape index (κ1) is 14.7. The number of halogens is 1. The van der Waals surface area contributed by atoms with Crippen LogP contribution in [0.25, 0.3) is 0 Å². The number of rotatable bonds is 1. The third-order valence-corrected chi connectivity index (χ3v) is 3.00. The molecule has 2 rings (SSSR count). The molecule has 0 spiro atoms. The summed E-state index contributed by atoms with van der Waals surface area (Å²) in [7, 11) is 0. The number of anilines is 1. The molecule has 5 nitrogen and oxygen atoms in total. The molecular weight excluding hydrogens is 280 g/mol. The smallest absolute Gasteiger partial charge is 0.408 e. The lowest BCUT2D eigenvalue weighted by Gasteiger charge is -2.27. The zero-order chi connectivity index (χ0) is 14.9. The van der Waals surface area contributed by atoms with Gasteiger partial charge in [0.25, 0.3) is 0 Å². The van der Waals surface area contributed by atoms with Gasteiger partial charge >= 0.3 is 6.09 Å². The second-order valence-electron chi connectivity index (χ2n) is 5.69. The van der Waals surface area contributed by atoms with Crippen molar-refractivity contribution in [3.05, 3.63) is 28.8 Å². The standard InChI is InChI=1S/C14H17ClN2O3/c1-14(2,3)20-13(19)17-11-6-8-4-5-9(15)7-10(8)16-12(11)18/h4-5,7,11H,6H2,1-3H3,(H,16,18)(H,17,19)/t11-/m0/s1. The zero-order valence-corrected chi connectivity index (χ0v) is 12.4. The van der Waals surface area contributed by atoms with Crippen molar-refractivity contribution in [2.24, 2.45) is 0 Å². The molecule has 0 unspecified atom stereocenters. The van der Waals surface area contributed by atoms with E-state index in [0.717, 1.165) is 5.56 Å². The number of hydrogen-bond acceptors (Lipinski definition) is 3. The van der Waals surface area contributed by atoms with E-state index in [-0.39, 0.29) is 5.91 Å². The summed E-state index contributed by atoms with van der Waals surface area (Å²) in [5.74, 6) is -0.273. The first-order chi connectivity index (χ1) is 9.24. The van der Waals surface area contributed by atoms with Crippen LogP contribution < -0.4 is 10.6 Å². The van der Waals surface area contributed by atoms with E-state index in [2.05, 4.69) is 10.6 Å². The molecule has 1 aliphatic rings. The van der Waals surface area contributed by atoms with Crippen LogP contribution in [-0.4, -0.2) is 23.6 Å². The van der Waals surface area contributed by atoms with E-state index in [1.807, 2.05) is 6.07 Å². The second-order valence-corrected chi connectivity index (χ2v) is 6.13. The van der Waals surface area contributed by atoms with Gasteiger partial charge < -0.3 is 15.4 Å². The molecule has 108 valence electrons. The number of alkyl carbamates (subject to hydrolysis) is 1. The van der Waals surface area contributed by atoms with Crippen molar-refractivity contribution in [2.45, 2.75) is 38.8 Å². The summed E-state index contributed by atoms with van der Waals surface area (Å²) in [5.41, 5.74) is 1.01. The third kappa shape index (κ3) is 3.63. The summed E-state index contributed by atoms with van der Waals surface area (Å²) < 4.78 is 5.14. The SMILES string of the molecule is CC(C)(C)OC(=O)N[C@H]1Cc2ccc(Cl)cc2NC1=O. The second kappa shape index (κ2) is 5.32. The Balaban J connectivity index is 2.06. The van der Waals surface area contributed by atoms with Crippen LogP contribution in [0, 0.1) is 0 Å². The Morgan fingerprint density at radius 1 is 1.45 bits per heavy atom. The summed E-state index contributed by atoms with van der Waals surface area (Å²) in [4.78, 5) is 23.6. The van der Waals surface area contributed by atoms with Crippen molar-refractivity contribution in [3.63, 3.8) is 0 Å². The lowest BCUT2D eigenvalue weighted by Crippen LogP contribution is -2.49. The van der Waals surface area contributed by atoms with Crippen LogP contribution in [0.5, 0.6) is 0 Å². The minimum Gasteiger partial charge on any atom is -0.444 e. The molecule has 0 saturated heterocycles. The predicted molar refractivity (Wildman–Crippen MR) is 76.9 cm³/mol. The van der Waals surface area contributed by atoms with Crippen molar-refractivity contribution >= 4 is 29.3 Å². The topological polar surface area (TPSA) is 67.4 Å². The van der Waals surface area contributed by atoms with E-state index in [4.69, 9.17) is 16.3 Å². The largest absolute Gasteiger partial charge is 0.444 e. The van der Waals surface area contributed by atoms with Crippen molar-refractivity contribution in [1.82, 2.24) is 5.32 Å². The minimum atomic E-state index is -0.640. The number of carbonyl (C=O) groups excluding carboxylic acids is 2. The fourth-order valence-electron chi connectivity index (χ4n) is 1.94. The number of fused-ring (bicyclic) bond motifs is 1. The predicted octanol–water partition coefficient (Wildman–Crippen LogP) is 2.73. The van der Waals surface area contributed by atoms with E-state index in [1.165, 1.54) is 0 Å². The first-order valence-corrected chi connectivity index (χ1v) is 6.71. The van der Waals surface area contributed by atoms with E-state index in [9.17, 15) is 9.59 Å². The molecular formula is C14H17ClN2O3. The summed E-state index contributed by atoms with van der Waals surface area (Å²) >= 11 is 5.88. The zero-order valence-electron chi connectivity index (χ0n) is 11.6. The van der Waals surface area contributed by atoms with E-state index in [1.54, 1.807) is 32.9 Å². The van der Waals surface area contributed by atoms with E-state index < -0.39 is 17.7 Å². The number of benzene rings is 1. The van der Waals surface area contributed by atoms with Crippen LogP contribution in [0.3, 0.4) is 0 Å². The summed E-state index contributed by atoms with van der Waals surface area (Å²) in [6, 6.07) is 4.64. The maximum atomic E-state index is 11.9. The van der Waals surface area contributed by atoms with E-state index >= 15 is 0 Å². The summed E-state index contributed by atoms with van der Waals surface area (Å²) in [5, 5.41) is 5.86. The van der Waals surface area contributed by atoms with Gasteiger partial charge in [0.15, 0.2) is 0 Å². The van der Waals surface area contributed by atoms with Crippen molar-refractivity contribution < 1.29 is 14.3 Å². The van der Waals surface area contributed by atoms with Crippen molar-refractivity contribution in [3.8, 4) is 0 Å². The lowest BCUT2D eigenvalue weighted by atomic mass is 9.99. The molecule has 20 heavy (non-hydrogen) atoms. The minimum absolute atomic E-state index is 0.273. The highest BCUT2D eigenvalue weighted by Crippen LogP contribution is 2.26. The molecule has 0 fully saturated rings. The monoisotopic (exact) mass is 296 g/mol. The van der Waals surface area contributed by atoms with Gasteiger partial charge in [-0.25, -0.2) is 4.79 Å². The molecule has 1 aromatic rings. The number of ether oxygens (including phenoxy) is 1. The average Bonchev–Trinajstić information content (AvgIpc) is 2.28. The maximum Gasteiger partial charge on any atom is 0.408 e. The van der Waals surface area contributed by atoms with Crippen LogP contribution in [0.2, 0.25) is 5.02 Å². The molecule has 1 aliphatic heterocycles. The van der Waals surface area contributed by atoms with Gasteiger partial charge in [-0.3, -0.25) is 4.79 Å². The quantitative estimate of drug-likeness (QED) is 0.837. The molecule has 0 aliphatic carbocycles. The van der Waals surface area contributed by atoms with Crippen molar-refractivity contribution in [2.75, 3.05) is 5.32 Å². The highest BCUT2D eigenvalue weighted by Gasteiger charge is 2.29. The van der Waals surface area contributed by atoms with Gasteiger partial charge in [0.1, 0.15) is 11.6 Å². The molecule has 0 aromatic heterocycles. The van der Waals surface area contributed by atoms with Gasteiger partial charge in [-0.1, -0.05) is 17.7 Å². The molecule has 0 saturated carbocycles. The van der Waals surface area contributed by atoms with Crippen LogP contribution in [0.4, 0.5) is 10.5 Å². The summed E-state index contributed by atoms with van der Waals surface area (Å²) in [6.45, 7) is 5.31.